The van der Waals surface area contributed by atoms with Gasteiger partial charge in [0, 0.05) is 7.05 Å². The third-order valence-corrected chi connectivity index (χ3v) is 1.85. The van der Waals surface area contributed by atoms with Crippen molar-refractivity contribution in [2.24, 2.45) is 7.05 Å². The van der Waals surface area contributed by atoms with Crippen LogP contribution in [-0.4, -0.2) is 4.57 Å². The second kappa shape index (κ2) is 3.31. The molecule has 0 aliphatic carbocycles. The van der Waals surface area contributed by atoms with Crippen molar-refractivity contribution in [3.8, 4) is 6.07 Å². The largest absolute Gasteiger partial charge is 0.419 e. The van der Waals surface area contributed by atoms with Gasteiger partial charge in [0.25, 0.3) is 5.56 Å². The fourth-order valence-electron chi connectivity index (χ4n) is 1.11. The van der Waals surface area contributed by atoms with Gasteiger partial charge in [0.1, 0.15) is 11.8 Å². The fraction of sp³-hybridized carbons (Fsp3) is 0.250. The molecule has 0 spiro atoms. The number of nitrogen functional groups attached to an aromatic ring is 1. The van der Waals surface area contributed by atoms with Gasteiger partial charge in [-0.2, -0.15) is 18.4 Å². The first kappa shape index (κ1) is 11.1. The zero-order chi connectivity index (χ0) is 11.8. The molecule has 1 rings (SSSR count). The van der Waals surface area contributed by atoms with E-state index in [2.05, 4.69) is 0 Å². The predicted octanol–water partition coefficient (Wildman–Crippen LogP) is 0.858. The Kier molecular flexibility index (Phi) is 2.45. The van der Waals surface area contributed by atoms with Crippen molar-refractivity contribution >= 4 is 5.69 Å². The lowest BCUT2D eigenvalue weighted by Gasteiger charge is -2.11. The van der Waals surface area contributed by atoms with Crippen molar-refractivity contribution in [2.45, 2.75) is 6.18 Å². The summed E-state index contributed by atoms with van der Waals surface area (Å²) in [5.74, 6) is 0. The Balaban J connectivity index is 3.70. The zero-order valence-electron chi connectivity index (χ0n) is 7.59. The van der Waals surface area contributed by atoms with E-state index in [0.29, 0.717) is 10.6 Å². The Labute approximate surface area is 82.3 Å². The highest BCUT2D eigenvalue weighted by Gasteiger charge is 2.35. The number of pyridine rings is 1. The molecule has 15 heavy (non-hydrogen) atoms. The lowest BCUT2D eigenvalue weighted by molar-refractivity contribution is -0.138. The predicted molar refractivity (Wildman–Crippen MR) is 45.8 cm³/mol. The van der Waals surface area contributed by atoms with Crippen LogP contribution in [0.25, 0.3) is 0 Å². The van der Waals surface area contributed by atoms with E-state index in [9.17, 15) is 18.0 Å². The number of alkyl halides is 3. The highest BCUT2D eigenvalue weighted by atomic mass is 19.4. The van der Waals surface area contributed by atoms with Crippen molar-refractivity contribution in [2.75, 3.05) is 5.73 Å². The topological polar surface area (TPSA) is 71.8 Å². The summed E-state index contributed by atoms with van der Waals surface area (Å²) in [6.45, 7) is 0. The lowest BCUT2D eigenvalue weighted by Crippen LogP contribution is -2.26. The first-order valence-corrected chi connectivity index (χ1v) is 3.76. The fourth-order valence-corrected chi connectivity index (χ4v) is 1.11. The van der Waals surface area contributed by atoms with E-state index in [1.165, 1.54) is 6.07 Å². The van der Waals surface area contributed by atoms with Crippen molar-refractivity contribution < 1.29 is 13.2 Å². The number of anilines is 1. The summed E-state index contributed by atoms with van der Waals surface area (Å²) in [6, 6.07) is 1.80. The van der Waals surface area contributed by atoms with Crippen molar-refractivity contribution in [1.29, 1.82) is 5.26 Å². The third kappa shape index (κ3) is 1.79. The van der Waals surface area contributed by atoms with Crippen LogP contribution in [0.2, 0.25) is 0 Å². The molecule has 0 aliphatic rings. The van der Waals surface area contributed by atoms with Gasteiger partial charge in [-0.15, -0.1) is 0 Å². The van der Waals surface area contributed by atoms with E-state index in [1.807, 2.05) is 0 Å². The monoisotopic (exact) mass is 217 g/mol. The minimum atomic E-state index is -4.70. The smallest absolute Gasteiger partial charge is 0.394 e. The van der Waals surface area contributed by atoms with E-state index in [0.717, 1.165) is 7.05 Å². The molecule has 0 atom stereocenters. The molecule has 1 aromatic heterocycles. The number of hydrogen-bond acceptors (Lipinski definition) is 3. The van der Waals surface area contributed by atoms with Gasteiger partial charge < -0.3 is 10.3 Å². The Bertz CT molecular complexity index is 496. The summed E-state index contributed by atoms with van der Waals surface area (Å²) in [6.07, 6.45) is -4.70. The molecular weight excluding hydrogens is 211 g/mol. The first-order chi connectivity index (χ1) is 6.79. The van der Waals surface area contributed by atoms with Crippen LogP contribution < -0.4 is 11.3 Å². The second-order valence-corrected chi connectivity index (χ2v) is 2.84. The average molecular weight is 217 g/mol. The van der Waals surface area contributed by atoms with Gasteiger partial charge in [0.2, 0.25) is 0 Å². The maximum absolute atomic E-state index is 12.4. The molecule has 4 nitrogen and oxygen atoms in total. The van der Waals surface area contributed by atoms with E-state index in [4.69, 9.17) is 11.0 Å². The van der Waals surface area contributed by atoms with Crippen LogP contribution in [0.5, 0.6) is 0 Å². The summed E-state index contributed by atoms with van der Waals surface area (Å²) < 4.78 is 37.8. The van der Waals surface area contributed by atoms with E-state index >= 15 is 0 Å². The van der Waals surface area contributed by atoms with Gasteiger partial charge in [0.15, 0.2) is 0 Å². The van der Waals surface area contributed by atoms with Crippen LogP contribution in [-0.2, 0) is 13.2 Å². The quantitative estimate of drug-likeness (QED) is 0.700. The minimum Gasteiger partial charge on any atom is -0.394 e. The second-order valence-electron chi connectivity index (χ2n) is 2.84. The molecule has 1 aromatic rings. The summed E-state index contributed by atoms with van der Waals surface area (Å²) in [5, 5.41) is 8.53. The van der Waals surface area contributed by atoms with Gasteiger partial charge in [-0.1, -0.05) is 0 Å². The van der Waals surface area contributed by atoms with Crippen molar-refractivity contribution in [3.63, 3.8) is 0 Å². The maximum Gasteiger partial charge on any atom is 0.419 e. The van der Waals surface area contributed by atoms with Crippen LogP contribution in [0.3, 0.4) is 0 Å². The molecule has 1 heterocycles. The molecule has 0 saturated carbocycles. The van der Waals surface area contributed by atoms with Crippen LogP contribution in [0.15, 0.2) is 10.9 Å². The molecule has 0 radical (unpaired) electrons. The first-order valence-electron chi connectivity index (χ1n) is 3.76. The number of nitrogens with zero attached hydrogens (tertiary/aromatic N) is 2. The normalized spacial score (nSPS) is 11.1. The molecule has 0 aromatic carbocycles. The molecule has 2 N–H and O–H groups in total. The zero-order valence-corrected chi connectivity index (χ0v) is 7.59. The number of halogens is 3. The van der Waals surface area contributed by atoms with E-state index in [1.54, 1.807) is 0 Å². The Hall–Kier alpha value is -1.97. The molecule has 7 heteroatoms. The Morgan fingerprint density at radius 3 is 2.47 bits per heavy atom. The summed E-state index contributed by atoms with van der Waals surface area (Å²) in [4.78, 5) is 11.1. The molecule has 0 bridgehead atoms. The summed E-state index contributed by atoms with van der Waals surface area (Å²) in [7, 11) is 1.06. The molecular formula is C8H6F3N3O. The third-order valence-electron chi connectivity index (χ3n) is 1.85. The van der Waals surface area contributed by atoms with Gasteiger partial charge in [-0.05, 0) is 6.07 Å². The van der Waals surface area contributed by atoms with Crippen molar-refractivity contribution in [3.05, 3.63) is 27.7 Å². The van der Waals surface area contributed by atoms with Crippen LogP contribution in [0.1, 0.15) is 11.3 Å². The summed E-state index contributed by atoms with van der Waals surface area (Å²) >= 11 is 0. The van der Waals surface area contributed by atoms with Crippen molar-refractivity contribution in [1.82, 2.24) is 4.57 Å². The average Bonchev–Trinajstić information content (AvgIpc) is 2.12. The lowest BCUT2D eigenvalue weighted by atomic mass is 10.1. The molecule has 0 amide bonds. The van der Waals surface area contributed by atoms with Gasteiger partial charge >= 0.3 is 6.18 Å². The Morgan fingerprint density at radius 2 is 2.07 bits per heavy atom. The van der Waals surface area contributed by atoms with Gasteiger partial charge in [-0.25, -0.2) is 0 Å². The number of nitrogens with two attached hydrogens (primary N) is 1. The minimum absolute atomic E-state index is 0.473. The van der Waals surface area contributed by atoms with Gasteiger partial charge in [0.05, 0.1) is 11.3 Å². The number of aromatic nitrogens is 1. The molecule has 0 fully saturated rings. The number of hydrogen-bond donors (Lipinski definition) is 1. The molecule has 0 aliphatic heterocycles. The van der Waals surface area contributed by atoms with E-state index in [-0.39, 0.29) is 0 Å². The van der Waals surface area contributed by atoms with Gasteiger partial charge in [-0.3, -0.25) is 4.79 Å². The number of rotatable bonds is 0. The molecule has 0 unspecified atom stereocenters. The van der Waals surface area contributed by atoms with Crippen LogP contribution in [0.4, 0.5) is 18.9 Å². The SMILES string of the molecule is Cn1c(C#N)c(C(F)(F)F)cc(N)c1=O. The molecule has 80 valence electrons. The maximum atomic E-state index is 12.4. The summed E-state index contributed by atoms with van der Waals surface area (Å²) in [5.41, 5.74) is 1.79. The van der Waals surface area contributed by atoms with E-state index < -0.39 is 28.7 Å². The standard InChI is InChI=1S/C8H6F3N3O/c1-14-6(3-12)4(8(9,10)11)2-5(13)7(14)15/h2H,13H2,1H3. The number of nitriles is 1. The Morgan fingerprint density at radius 1 is 1.53 bits per heavy atom. The van der Waals surface area contributed by atoms with Crippen LogP contribution >= 0.6 is 0 Å². The molecule has 0 saturated heterocycles. The highest BCUT2D eigenvalue weighted by molar-refractivity contribution is 5.46. The highest BCUT2D eigenvalue weighted by Crippen LogP contribution is 2.31. The van der Waals surface area contributed by atoms with Crippen LogP contribution in [0, 0.1) is 11.3 Å².